The van der Waals surface area contributed by atoms with Gasteiger partial charge in [0.05, 0.1) is 29.6 Å². The van der Waals surface area contributed by atoms with E-state index in [0.717, 1.165) is 47.3 Å². The molecule has 4 aromatic rings. The molecule has 0 radical (unpaired) electrons. The fourth-order valence-corrected chi connectivity index (χ4v) is 5.39. The van der Waals surface area contributed by atoms with Crippen LogP contribution in [0, 0.1) is 17.2 Å². The lowest BCUT2D eigenvalue weighted by Gasteiger charge is -2.21. The molecular formula is C26H23ClN6. The van der Waals surface area contributed by atoms with Gasteiger partial charge < -0.3 is 9.47 Å². The van der Waals surface area contributed by atoms with E-state index in [0.29, 0.717) is 17.3 Å². The van der Waals surface area contributed by atoms with Gasteiger partial charge in [0, 0.05) is 24.3 Å². The summed E-state index contributed by atoms with van der Waals surface area (Å²) in [5.74, 6) is 1.55. The molecule has 0 unspecified atom stereocenters. The van der Waals surface area contributed by atoms with Gasteiger partial charge in [-0.3, -0.25) is 4.57 Å². The molecule has 7 heteroatoms. The van der Waals surface area contributed by atoms with E-state index in [4.69, 9.17) is 16.9 Å². The third-order valence-electron chi connectivity index (χ3n) is 7.01. The molecule has 0 saturated carbocycles. The minimum Gasteiger partial charge on any atom is -0.371 e. The number of hydrogen-bond donors (Lipinski definition) is 0. The minimum atomic E-state index is 0.629. The minimum absolute atomic E-state index is 0.629. The van der Waals surface area contributed by atoms with E-state index in [1.165, 1.54) is 24.1 Å². The number of rotatable bonds is 3. The van der Waals surface area contributed by atoms with E-state index < -0.39 is 0 Å². The summed E-state index contributed by atoms with van der Waals surface area (Å²) in [5, 5.41) is 18.4. The van der Waals surface area contributed by atoms with Gasteiger partial charge in [-0.05, 0) is 59.9 Å². The third kappa shape index (κ3) is 3.23. The molecule has 6 rings (SSSR count). The molecule has 33 heavy (non-hydrogen) atoms. The van der Waals surface area contributed by atoms with Crippen molar-refractivity contribution in [2.24, 2.45) is 5.92 Å². The average Bonchev–Trinajstić information content (AvgIpc) is 3.57. The normalized spacial score (nSPS) is 16.6. The molecule has 2 aromatic heterocycles. The number of aromatic nitrogens is 4. The van der Waals surface area contributed by atoms with Gasteiger partial charge in [-0.25, -0.2) is 0 Å². The van der Waals surface area contributed by atoms with Gasteiger partial charge in [-0.1, -0.05) is 37.1 Å². The summed E-state index contributed by atoms with van der Waals surface area (Å²) in [7, 11) is 0. The Hall–Kier alpha value is -3.56. The van der Waals surface area contributed by atoms with E-state index in [1.807, 2.05) is 24.3 Å². The van der Waals surface area contributed by atoms with Gasteiger partial charge >= 0.3 is 0 Å². The van der Waals surface area contributed by atoms with Gasteiger partial charge in [-0.2, -0.15) is 5.26 Å². The summed E-state index contributed by atoms with van der Waals surface area (Å²) in [6, 6.07) is 18.4. The Morgan fingerprint density at radius 1 is 1.15 bits per heavy atom. The summed E-state index contributed by atoms with van der Waals surface area (Å²) >= 11 is 6.96. The Bertz CT molecular complexity index is 1390. The van der Waals surface area contributed by atoms with E-state index in [-0.39, 0.29) is 0 Å². The topological polar surface area (TPSA) is 62.7 Å². The van der Waals surface area contributed by atoms with Crippen molar-refractivity contribution >= 4 is 17.3 Å². The maximum Gasteiger partial charge on any atom is 0.185 e. The largest absolute Gasteiger partial charge is 0.371 e. The predicted molar refractivity (Wildman–Crippen MR) is 130 cm³/mol. The van der Waals surface area contributed by atoms with Crippen molar-refractivity contribution in [3.8, 4) is 34.4 Å². The fraction of sp³-hybridized carbons (Fsp3) is 0.269. The van der Waals surface area contributed by atoms with E-state index in [1.54, 1.807) is 6.33 Å². The number of halogens is 1. The van der Waals surface area contributed by atoms with Crippen molar-refractivity contribution in [3.63, 3.8) is 0 Å². The van der Waals surface area contributed by atoms with E-state index in [2.05, 4.69) is 61.5 Å². The Morgan fingerprint density at radius 3 is 2.76 bits per heavy atom. The summed E-state index contributed by atoms with van der Waals surface area (Å²) in [4.78, 5) is 2.49. The summed E-state index contributed by atoms with van der Waals surface area (Å²) in [6.07, 6.45) is 4.26. The van der Waals surface area contributed by atoms with Crippen LogP contribution in [-0.2, 0) is 6.54 Å². The molecule has 2 aliphatic heterocycles. The quantitative estimate of drug-likeness (QED) is 0.360. The van der Waals surface area contributed by atoms with Gasteiger partial charge in [-0.15, -0.1) is 10.2 Å². The Labute approximate surface area is 197 Å². The van der Waals surface area contributed by atoms with Gasteiger partial charge in [0.1, 0.15) is 11.5 Å². The van der Waals surface area contributed by atoms with Gasteiger partial charge in [0.15, 0.2) is 5.82 Å². The first kappa shape index (κ1) is 20.1. The van der Waals surface area contributed by atoms with Crippen molar-refractivity contribution < 1.29 is 0 Å². The molecule has 0 spiro atoms. The van der Waals surface area contributed by atoms with Crippen LogP contribution in [0.4, 0.5) is 5.69 Å². The zero-order valence-electron chi connectivity index (χ0n) is 18.4. The summed E-state index contributed by atoms with van der Waals surface area (Å²) < 4.78 is 4.17. The van der Waals surface area contributed by atoms with Crippen LogP contribution >= 0.6 is 11.6 Å². The Balaban J connectivity index is 1.45. The van der Waals surface area contributed by atoms with Gasteiger partial charge in [0.2, 0.25) is 0 Å². The second-order valence-electron chi connectivity index (χ2n) is 8.86. The highest BCUT2D eigenvalue weighted by Gasteiger charge is 2.27. The van der Waals surface area contributed by atoms with E-state index >= 15 is 0 Å². The van der Waals surface area contributed by atoms with Crippen LogP contribution in [0.5, 0.6) is 0 Å². The maximum atomic E-state index is 9.12. The van der Waals surface area contributed by atoms with Crippen LogP contribution < -0.4 is 4.90 Å². The molecule has 6 nitrogen and oxygen atoms in total. The highest BCUT2D eigenvalue weighted by atomic mass is 35.5. The van der Waals surface area contributed by atoms with Crippen molar-refractivity contribution in [1.82, 2.24) is 19.3 Å². The molecule has 0 aliphatic carbocycles. The number of nitriles is 1. The molecule has 1 atom stereocenters. The molecule has 2 aromatic carbocycles. The molecule has 1 fully saturated rings. The van der Waals surface area contributed by atoms with Crippen LogP contribution in [0.2, 0.25) is 5.15 Å². The lowest BCUT2D eigenvalue weighted by atomic mass is 10.1. The third-order valence-corrected chi connectivity index (χ3v) is 7.42. The SMILES string of the molecule is CC[C@H]1CCN(c2ccc3c(c2)Cn2c(cc(-c4ccc(C#N)cc4)c2Cl)-c2nncn2-3)C1. The molecule has 0 bridgehead atoms. The Morgan fingerprint density at radius 2 is 2.00 bits per heavy atom. The fourth-order valence-electron chi connectivity index (χ4n) is 5.08. The van der Waals surface area contributed by atoms with Crippen LogP contribution in [0.15, 0.2) is 54.9 Å². The second kappa shape index (κ2) is 7.79. The van der Waals surface area contributed by atoms with Crippen LogP contribution in [0.3, 0.4) is 0 Å². The summed E-state index contributed by atoms with van der Waals surface area (Å²) in [6.45, 7) is 5.15. The zero-order chi connectivity index (χ0) is 22.5. The van der Waals surface area contributed by atoms with Crippen molar-refractivity contribution in [2.45, 2.75) is 26.3 Å². The monoisotopic (exact) mass is 454 g/mol. The second-order valence-corrected chi connectivity index (χ2v) is 9.21. The summed E-state index contributed by atoms with van der Waals surface area (Å²) in [5.41, 5.74) is 7.00. The first-order valence-electron chi connectivity index (χ1n) is 11.3. The molecule has 1 saturated heterocycles. The van der Waals surface area contributed by atoms with Crippen LogP contribution in [0.1, 0.15) is 30.9 Å². The first-order chi connectivity index (χ1) is 16.2. The van der Waals surface area contributed by atoms with Crippen LogP contribution in [0.25, 0.3) is 28.3 Å². The number of anilines is 1. The molecule has 0 N–H and O–H groups in total. The average molecular weight is 455 g/mol. The smallest absolute Gasteiger partial charge is 0.185 e. The highest BCUT2D eigenvalue weighted by molar-refractivity contribution is 6.32. The standard InChI is InChI=1S/C26H23ClN6/c1-2-17-9-10-31(14-17)21-7-8-23-20(11-21)15-32-24(26-30-29-16-33(23)26)12-22(25(32)27)19-5-3-18(13-28)4-6-19/h3-8,11-12,16-17H,2,9-10,14-15H2,1H3/t17-/m0/s1. The van der Waals surface area contributed by atoms with Crippen molar-refractivity contribution in [3.05, 3.63) is 71.1 Å². The molecular weight excluding hydrogens is 432 g/mol. The van der Waals surface area contributed by atoms with E-state index in [9.17, 15) is 0 Å². The molecule has 164 valence electrons. The maximum absolute atomic E-state index is 9.12. The lowest BCUT2D eigenvalue weighted by Crippen LogP contribution is -2.20. The number of benzene rings is 2. The zero-order valence-corrected chi connectivity index (χ0v) is 19.1. The molecule has 2 aliphatic rings. The number of hydrogen-bond acceptors (Lipinski definition) is 4. The predicted octanol–water partition coefficient (Wildman–Crippen LogP) is 5.53. The molecule has 4 heterocycles. The van der Waals surface area contributed by atoms with Crippen molar-refractivity contribution in [2.75, 3.05) is 18.0 Å². The highest BCUT2D eigenvalue weighted by Crippen LogP contribution is 2.40. The Kier molecular flexibility index (Phi) is 4.74. The van der Waals surface area contributed by atoms with Gasteiger partial charge in [0.25, 0.3) is 0 Å². The first-order valence-corrected chi connectivity index (χ1v) is 11.7. The molecule has 0 amide bonds. The van der Waals surface area contributed by atoms with Crippen LogP contribution in [-0.4, -0.2) is 32.4 Å². The number of nitrogens with zero attached hydrogens (tertiary/aromatic N) is 6. The lowest BCUT2D eigenvalue weighted by molar-refractivity contribution is 0.569. The number of fused-ring (bicyclic) bond motifs is 5. The van der Waals surface area contributed by atoms with Crippen molar-refractivity contribution in [1.29, 1.82) is 5.26 Å².